The fraction of sp³-hybridized carbons (Fsp3) is 0.353. The summed E-state index contributed by atoms with van der Waals surface area (Å²) in [5.74, 6) is 0.927. The Labute approximate surface area is 130 Å². The van der Waals surface area contributed by atoms with Gasteiger partial charge in [0.1, 0.15) is 5.52 Å². The van der Waals surface area contributed by atoms with Crippen LogP contribution in [0.1, 0.15) is 25.6 Å². The predicted molar refractivity (Wildman–Crippen MR) is 90.2 cm³/mol. The van der Waals surface area contributed by atoms with Gasteiger partial charge in [-0.3, -0.25) is 9.55 Å². The molecule has 0 saturated heterocycles. The maximum atomic E-state index is 4.74. The summed E-state index contributed by atoms with van der Waals surface area (Å²) in [5, 5.41) is 0. The Hall–Kier alpha value is -2.43. The Balaban J connectivity index is 2.16. The first-order valence-electron chi connectivity index (χ1n) is 7.45. The molecule has 3 rings (SSSR count). The lowest BCUT2D eigenvalue weighted by Crippen LogP contribution is -2.16. The van der Waals surface area contributed by atoms with Gasteiger partial charge in [-0.2, -0.15) is 0 Å². The highest BCUT2D eigenvalue weighted by Crippen LogP contribution is 2.27. The Morgan fingerprint density at radius 1 is 1.05 bits per heavy atom. The topological polar surface area (TPSA) is 46.8 Å². The van der Waals surface area contributed by atoms with E-state index < -0.39 is 0 Å². The van der Waals surface area contributed by atoms with E-state index in [0.29, 0.717) is 6.04 Å². The van der Waals surface area contributed by atoms with Crippen LogP contribution in [0.2, 0.25) is 0 Å². The highest BCUT2D eigenvalue weighted by atomic mass is 15.3. The Morgan fingerprint density at radius 3 is 2.36 bits per heavy atom. The van der Waals surface area contributed by atoms with Crippen LogP contribution in [0, 0.1) is 6.92 Å². The molecule has 0 unspecified atom stereocenters. The zero-order valence-corrected chi connectivity index (χ0v) is 13.7. The van der Waals surface area contributed by atoms with Crippen LogP contribution >= 0.6 is 0 Å². The molecule has 0 aliphatic rings. The van der Waals surface area contributed by atoms with Gasteiger partial charge in [-0.1, -0.05) is 6.07 Å². The van der Waals surface area contributed by atoms with Gasteiger partial charge in [0, 0.05) is 49.4 Å². The molecule has 3 aromatic rings. The first-order valence-corrected chi connectivity index (χ1v) is 7.45. The van der Waals surface area contributed by atoms with Crippen molar-refractivity contribution in [2.75, 3.05) is 19.0 Å². The number of rotatable bonds is 3. The number of hydrogen-bond acceptors (Lipinski definition) is 4. The molecular formula is C17H21N5. The van der Waals surface area contributed by atoms with Crippen molar-refractivity contribution in [2.24, 2.45) is 0 Å². The number of fused-ring (bicyclic) bond motifs is 1. The van der Waals surface area contributed by atoms with Gasteiger partial charge in [0.15, 0.2) is 5.65 Å². The summed E-state index contributed by atoms with van der Waals surface area (Å²) in [5.41, 5.74) is 4.94. The molecule has 22 heavy (non-hydrogen) atoms. The number of aryl methyl sites for hydroxylation is 1. The lowest BCUT2D eigenvalue weighted by Gasteiger charge is -2.17. The van der Waals surface area contributed by atoms with Crippen molar-refractivity contribution in [1.82, 2.24) is 19.5 Å². The van der Waals surface area contributed by atoms with Crippen molar-refractivity contribution in [2.45, 2.75) is 26.8 Å². The highest BCUT2D eigenvalue weighted by Gasteiger charge is 2.16. The predicted octanol–water partition coefficient (Wildman–Crippen LogP) is 3.45. The van der Waals surface area contributed by atoms with Crippen LogP contribution in [0.5, 0.6) is 0 Å². The van der Waals surface area contributed by atoms with Gasteiger partial charge >= 0.3 is 0 Å². The summed E-state index contributed by atoms with van der Waals surface area (Å²) >= 11 is 0. The average molecular weight is 295 g/mol. The maximum absolute atomic E-state index is 4.74. The smallest absolute Gasteiger partial charge is 0.207 e. The fourth-order valence-electron chi connectivity index (χ4n) is 2.56. The summed E-state index contributed by atoms with van der Waals surface area (Å²) in [6, 6.07) is 6.47. The Morgan fingerprint density at radius 2 is 1.77 bits per heavy atom. The van der Waals surface area contributed by atoms with Crippen molar-refractivity contribution in [3.05, 3.63) is 36.3 Å². The molecule has 0 amide bonds. The standard InChI is InChI=1S/C17H21N5/c1-11(2)22-16-15(20-17(22)21(4)5)8-14(10-19-16)13-7-6-12(3)18-9-13/h6-11H,1-5H3. The molecule has 0 aliphatic heterocycles. The maximum Gasteiger partial charge on any atom is 0.207 e. The monoisotopic (exact) mass is 295 g/mol. The molecule has 5 heteroatoms. The molecule has 3 aromatic heterocycles. The van der Waals surface area contributed by atoms with Crippen molar-refractivity contribution in [3.8, 4) is 11.1 Å². The van der Waals surface area contributed by atoms with Gasteiger partial charge in [-0.25, -0.2) is 9.97 Å². The van der Waals surface area contributed by atoms with Crippen LogP contribution < -0.4 is 4.90 Å². The largest absolute Gasteiger partial charge is 0.348 e. The van der Waals surface area contributed by atoms with E-state index in [0.717, 1.165) is 33.9 Å². The molecule has 114 valence electrons. The van der Waals surface area contributed by atoms with Crippen molar-refractivity contribution in [1.29, 1.82) is 0 Å². The van der Waals surface area contributed by atoms with Crippen molar-refractivity contribution >= 4 is 17.1 Å². The van der Waals surface area contributed by atoms with E-state index in [1.54, 1.807) is 0 Å². The SMILES string of the molecule is Cc1ccc(-c2cnc3c(c2)nc(N(C)C)n3C(C)C)cn1. The molecule has 0 radical (unpaired) electrons. The molecule has 0 atom stereocenters. The molecule has 0 aromatic carbocycles. The Bertz CT molecular complexity index is 800. The number of imidazole rings is 1. The fourth-order valence-corrected chi connectivity index (χ4v) is 2.56. The van der Waals surface area contributed by atoms with Crippen LogP contribution in [0.3, 0.4) is 0 Å². The van der Waals surface area contributed by atoms with E-state index in [9.17, 15) is 0 Å². The Kier molecular flexibility index (Phi) is 3.56. The quantitative estimate of drug-likeness (QED) is 0.742. The second-order valence-electron chi connectivity index (χ2n) is 6.02. The average Bonchev–Trinajstić information content (AvgIpc) is 2.86. The zero-order valence-electron chi connectivity index (χ0n) is 13.7. The van der Waals surface area contributed by atoms with Gasteiger partial charge in [0.25, 0.3) is 0 Å². The summed E-state index contributed by atoms with van der Waals surface area (Å²) in [6.07, 6.45) is 3.78. The van der Waals surface area contributed by atoms with Gasteiger partial charge in [-0.15, -0.1) is 0 Å². The summed E-state index contributed by atoms with van der Waals surface area (Å²) in [6.45, 7) is 6.28. The van der Waals surface area contributed by atoms with Gasteiger partial charge < -0.3 is 4.90 Å². The number of hydrogen-bond donors (Lipinski definition) is 0. The van der Waals surface area contributed by atoms with Crippen LogP contribution in [0.25, 0.3) is 22.3 Å². The summed E-state index contributed by atoms with van der Waals surface area (Å²) in [4.78, 5) is 15.8. The molecule has 0 fully saturated rings. The van der Waals surface area contributed by atoms with Gasteiger partial charge in [0.05, 0.1) is 0 Å². The third kappa shape index (κ3) is 2.43. The van der Waals surface area contributed by atoms with E-state index in [1.807, 2.05) is 44.4 Å². The minimum Gasteiger partial charge on any atom is -0.348 e. The molecule has 5 nitrogen and oxygen atoms in total. The van der Waals surface area contributed by atoms with E-state index in [1.165, 1.54) is 0 Å². The summed E-state index contributed by atoms with van der Waals surface area (Å²) < 4.78 is 2.16. The first kappa shape index (κ1) is 14.5. The molecule has 3 heterocycles. The number of pyridine rings is 2. The number of aromatic nitrogens is 4. The minimum absolute atomic E-state index is 0.307. The normalized spacial score (nSPS) is 11.4. The van der Waals surface area contributed by atoms with E-state index in [2.05, 4.69) is 40.5 Å². The molecule has 0 aliphatic carbocycles. The minimum atomic E-state index is 0.307. The lowest BCUT2D eigenvalue weighted by molar-refractivity contribution is 0.610. The van der Waals surface area contributed by atoms with Crippen LogP contribution in [0.4, 0.5) is 5.95 Å². The summed E-state index contributed by atoms with van der Waals surface area (Å²) in [7, 11) is 4.01. The molecule has 0 N–H and O–H groups in total. The molecule has 0 saturated carbocycles. The highest BCUT2D eigenvalue weighted by molar-refractivity contribution is 5.80. The van der Waals surface area contributed by atoms with Crippen LogP contribution in [-0.2, 0) is 0 Å². The lowest BCUT2D eigenvalue weighted by atomic mass is 10.1. The third-order valence-electron chi connectivity index (χ3n) is 3.67. The van der Waals surface area contributed by atoms with Crippen LogP contribution in [-0.4, -0.2) is 33.6 Å². The number of nitrogens with zero attached hydrogens (tertiary/aromatic N) is 5. The molecular weight excluding hydrogens is 274 g/mol. The van der Waals surface area contributed by atoms with E-state index in [4.69, 9.17) is 4.98 Å². The van der Waals surface area contributed by atoms with E-state index in [-0.39, 0.29) is 0 Å². The second kappa shape index (κ2) is 5.40. The van der Waals surface area contributed by atoms with Gasteiger partial charge in [-0.05, 0) is 32.9 Å². The second-order valence-corrected chi connectivity index (χ2v) is 6.02. The van der Waals surface area contributed by atoms with Crippen LogP contribution in [0.15, 0.2) is 30.6 Å². The van der Waals surface area contributed by atoms with E-state index >= 15 is 0 Å². The molecule has 0 bridgehead atoms. The number of anilines is 1. The van der Waals surface area contributed by atoms with Crippen molar-refractivity contribution in [3.63, 3.8) is 0 Å². The van der Waals surface area contributed by atoms with Crippen molar-refractivity contribution < 1.29 is 0 Å². The van der Waals surface area contributed by atoms with Gasteiger partial charge in [0.2, 0.25) is 5.95 Å². The third-order valence-corrected chi connectivity index (χ3v) is 3.67. The zero-order chi connectivity index (χ0) is 15.9. The first-order chi connectivity index (χ1) is 10.5. The molecule has 0 spiro atoms.